The molecule has 680 valence electrons. The summed E-state index contributed by atoms with van der Waals surface area (Å²) in [6.45, 7) is 27.4. The third-order valence-electron chi connectivity index (χ3n) is 20.4. The van der Waals surface area contributed by atoms with E-state index < -0.39 is 5.60 Å². The van der Waals surface area contributed by atoms with Crippen molar-refractivity contribution in [3.05, 3.63) is 123 Å². The van der Waals surface area contributed by atoms with Crippen molar-refractivity contribution in [1.29, 1.82) is 0 Å². The number of ketones is 1. The highest BCUT2D eigenvalue weighted by atomic mass is 16.6. The SMILES string of the molecule is CC(C)(C)OC(=O)CCCCCCCN.CCCCOc1nc(N)c2c(n1)N(Cc1ccc(CNCCCCCCCC(=O)CON)cc1)C(=O)C2.CCCCOc1nc(N)c2c(n1)N(Cc1ccc(CNCCCCCCCC(=O)OC(C)(C)C)cc1)C(=O)C2.CCCCOc1nc(N)c2c(n1)N(Cc1ccc(CNCCCCCCN)cc1)C(=O)C2. The van der Waals surface area contributed by atoms with Crippen molar-refractivity contribution in [1.82, 2.24) is 45.9 Å². The van der Waals surface area contributed by atoms with Crippen LogP contribution < -0.4 is 79.4 Å². The number of carbonyl (C=O) groups excluding carboxylic acids is 6. The fraction of sp³-hybridized carbons (Fsp3) is 0.613. The number of hydrogen-bond donors (Lipinski definition) is 9. The molecule has 0 aliphatic carbocycles. The fourth-order valence-electron chi connectivity index (χ4n) is 13.6. The molecule has 0 bridgehead atoms. The van der Waals surface area contributed by atoms with Gasteiger partial charge in [-0.15, -0.1) is 0 Å². The van der Waals surface area contributed by atoms with Gasteiger partial charge in [0.1, 0.15) is 52.7 Å². The van der Waals surface area contributed by atoms with Crippen molar-refractivity contribution in [3.63, 3.8) is 0 Å². The normalized spacial score (nSPS) is 12.7. The molecule has 0 saturated carbocycles. The van der Waals surface area contributed by atoms with E-state index in [1.165, 1.54) is 48.8 Å². The molecule has 15 N–H and O–H groups in total. The molecule has 30 nitrogen and oxygen atoms in total. The molecule has 0 saturated heterocycles. The van der Waals surface area contributed by atoms with Gasteiger partial charge in [0, 0.05) is 55.6 Å². The van der Waals surface area contributed by atoms with Crippen molar-refractivity contribution in [2.75, 3.05) is 91.1 Å². The molecule has 30 heteroatoms. The molecule has 0 unspecified atom stereocenters. The van der Waals surface area contributed by atoms with Gasteiger partial charge in [0.15, 0.2) is 5.78 Å². The molecule has 123 heavy (non-hydrogen) atoms. The second-order valence-corrected chi connectivity index (χ2v) is 33.7. The number of anilines is 6. The van der Waals surface area contributed by atoms with Gasteiger partial charge in [-0.25, -0.2) is 5.90 Å². The monoisotopic (exact) mass is 1710 g/mol. The number of esters is 2. The van der Waals surface area contributed by atoms with E-state index in [2.05, 4.69) is 132 Å². The Bertz CT molecular complexity index is 4110. The number of aromatic nitrogens is 6. The number of carbonyl (C=O) groups is 6. The first-order valence-corrected chi connectivity index (χ1v) is 45.1. The van der Waals surface area contributed by atoms with Gasteiger partial charge in [0.2, 0.25) is 17.7 Å². The van der Waals surface area contributed by atoms with Gasteiger partial charge >= 0.3 is 30.0 Å². The molecule has 6 aromatic rings. The zero-order chi connectivity index (χ0) is 89.2. The number of unbranched alkanes of at least 4 members (excludes halogenated alkanes) is 18. The molecule has 3 amide bonds. The maximum absolute atomic E-state index is 12.7. The molecule has 0 spiro atoms. The lowest BCUT2D eigenvalue weighted by molar-refractivity contribution is -0.156. The van der Waals surface area contributed by atoms with Crippen LogP contribution in [0, 0.1) is 0 Å². The summed E-state index contributed by atoms with van der Waals surface area (Å²) >= 11 is 0. The first kappa shape index (κ1) is 102. The van der Waals surface area contributed by atoms with Gasteiger partial charge in [0.05, 0.1) is 58.7 Å². The highest BCUT2D eigenvalue weighted by molar-refractivity contribution is 6.03. The quantitative estimate of drug-likeness (QED) is 0.00972. The van der Waals surface area contributed by atoms with Crippen molar-refractivity contribution in [2.45, 2.75) is 312 Å². The minimum Gasteiger partial charge on any atom is -0.463 e. The molecule has 3 aromatic carbocycles. The van der Waals surface area contributed by atoms with Gasteiger partial charge in [-0.05, 0) is 178 Å². The summed E-state index contributed by atoms with van der Waals surface area (Å²) in [6.07, 6.45) is 28.8. The average Bonchev–Trinajstić information content (AvgIpc) is 1.65. The Morgan fingerprint density at radius 1 is 0.374 bits per heavy atom. The number of fused-ring (bicyclic) bond motifs is 3. The average molecular weight is 1710 g/mol. The molecule has 3 aromatic heterocycles. The number of nitrogen functional groups attached to an aromatic ring is 3. The smallest absolute Gasteiger partial charge is 0.320 e. The van der Waals surface area contributed by atoms with Crippen LogP contribution in [0.3, 0.4) is 0 Å². The Labute approximate surface area is 731 Å². The zero-order valence-corrected chi connectivity index (χ0v) is 75.3. The van der Waals surface area contributed by atoms with Crippen LogP contribution in [0.1, 0.15) is 292 Å². The molecule has 3 aliphatic heterocycles. The third-order valence-corrected chi connectivity index (χ3v) is 20.4. The third kappa shape index (κ3) is 39.9. The van der Waals surface area contributed by atoms with E-state index in [1.807, 2.05) is 53.7 Å². The summed E-state index contributed by atoms with van der Waals surface area (Å²) in [5, 5.41) is 10.5. The van der Waals surface area contributed by atoms with Crippen LogP contribution in [-0.2, 0) is 102 Å². The fourth-order valence-corrected chi connectivity index (χ4v) is 13.6. The van der Waals surface area contributed by atoms with Gasteiger partial charge in [0.25, 0.3) is 0 Å². The molecule has 0 radical (unpaired) electrons. The number of nitrogens with one attached hydrogen (secondary N) is 3. The number of Topliss-reactive ketones (excluding diaryl/α,β-unsaturated/α-hetero) is 1. The van der Waals surface area contributed by atoms with Crippen molar-refractivity contribution in [3.8, 4) is 18.0 Å². The Hall–Kier alpha value is -9.56. The first-order chi connectivity index (χ1) is 59.2. The summed E-state index contributed by atoms with van der Waals surface area (Å²) in [7, 11) is 0. The molecular weight excluding hydrogens is 1560 g/mol. The number of hydrogen-bond acceptors (Lipinski definition) is 27. The summed E-state index contributed by atoms with van der Waals surface area (Å²) in [6, 6.07) is 25.6. The van der Waals surface area contributed by atoms with E-state index in [0.717, 1.165) is 197 Å². The predicted octanol–water partition coefficient (Wildman–Crippen LogP) is 13.9. The van der Waals surface area contributed by atoms with E-state index in [0.29, 0.717) is 110 Å². The van der Waals surface area contributed by atoms with Gasteiger partial charge < -0.3 is 68.3 Å². The van der Waals surface area contributed by atoms with E-state index in [9.17, 15) is 28.8 Å². The maximum atomic E-state index is 12.7. The summed E-state index contributed by atoms with van der Waals surface area (Å²) in [5.41, 5.74) is 37.2. The number of benzene rings is 3. The van der Waals surface area contributed by atoms with Gasteiger partial charge in [-0.3, -0.25) is 48.3 Å². The van der Waals surface area contributed by atoms with Crippen LogP contribution in [0.25, 0.3) is 0 Å². The maximum Gasteiger partial charge on any atom is 0.320 e. The first-order valence-electron chi connectivity index (χ1n) is 45.1. The number of nitrogens with zero attached hydrogens (tertiary/aromatic N) is 9. The molecule has 0 atom stereocenters. The minimum absolute atomic E-state index is 0.00868. The van der Waals surface area contributed by atoms with Crippen molar-refractivity contribution >= 4 is 70.4 Å². The Morgan fingerprint density at radius 2 is 0.642 bits per heavy atom. The predicted molar refractivity (Wildman–Crippen MR) is 486 cm³/mol. The lowest BCUT2D eigenvalue weighted by Crippen LogP contribution is -2.26. The summed E-state index contributed by atoms with van der Waals surface area (Å²) < 4.78 is 27.4. The lowest BCUT2D eigenvalue weighted by atomic mass is 10.1. The largest absolute Gasteiger partial charge is 0.463 e. The Kier molecular flexibility index (Phi) is 47.4. The van der Waals surface area contributed by atoms with Gasteiger partial charge in [-0.2, -0.15) is 29.9 Å². The number of amides is 3. The highest BCUT2D eigenvalue weighted by Gasteiger charge is 2.36. The van der Waals surface area contributed by atoms with Crippen molar-refractivity contribution < 1.29 is 57.3 Å². The van der Waals surface area contributed by atoms with Crippen LogP contribution in [0.4, 0.5) is 34.9 Å². The minimum atomic E-state index is -0.402. The van der Waals surface area contributed by atoms with Crippen LogP contribution in [0.15, 0.2) is 72.8 Å². The molecule has 9 rings (SSSR count). The van der Waals surface area contributed by atoms with Crippen LogP contribution >= 0.6 is 0 Å². The van der Waals surface area contributed by atoms with Crippen LogP contribution in [-0.4, -0.2) is 136 Å². The zero-order valence-electron chi connectivity index (χ0n) is 75.3. The highest BCUT2D eigenvalue weighted by Crippen LogP contribution is 2.37. The van der Waals surface area contributed by atoms with E-state index in [4.69, 9.17) is 58.2 Å². The molecule has 3 aliphatic rings. The number of ether oxygens (including phenoxy) is 5. The van der Waals surface area contributed by atoms with Crippen LogP contribution in [0.5, 0.6) is 18.0 Å². The van der Waals surface area contributed by atoms with E-state index in [1.54, 1.807) is 14.7 Å². The molecule has 6 heterocycles. The van der Waals surface area contributed by atoms with E-state index >= 15 is 0 Å². The number of nitrogens with two attached hydrogens (primary N) is 6. The number of rotatable bonds is 55. The van der Waals surface area contributed by atoms with Gasteiger partial charge in [-0.1, -0.05) is 183 Å². The topological polar surface area (TPSA) is 437 Å². The molecular formula is C93H146N18O12. The second kappa shape index (κ2) is 57.1. The lowest BCUT2D eigenvalue weighted by Gasteiger charge is -2.19. The Balaban J connectivity index is 0.000000264. The second-order valence-electron chi connectivity index (χ2n) is 33.7. The Morgan fingerprint density at radius 3 is 0.919 bits per heavy atom. The summed E-state index contributed by atoms with van der Waals surface area (Å²) in [5.74, 6) is 7.28. The van der Waals surface area contributed by atoms with E-state index in [-0.39, 0.29) is 84.9 Å². The van der Waals surface area contributed by atoms with Crippen LogP contribution in [0.2, 0.25) is 0 Å². The molecule has 0 fully saturated rings. The summed E-state index contributed by atoms with van der Waals surface area (Å²) in [4.78, 5) is 108. The van der Waals surface area contributed by atoms with Crippen molar-refractivity contribution in [2.24, 2.45) is 17.4 Å². The standard InChI is InChI=1S/C30H45N5O4.C27H40N6O4.C24H36N6O2.C12H25NO2/c1-5-6-18-38-29-33-27(31)24-19-25(36)35(28(24)34-29)21-23-15-13-22(14-16-23)20-32-17-11-9-7-8-10-12-26(37)39-30(2,3)4;1-2-3-15-36-27-31-25(28)23-16-24(35)33(26(23)32-27)18-21-12-10-20(11-13-21)17-30-14-8-6-4-5-7-9-22(34)19-37-29;1-2-3-14-32-24-28-22(26)20-15-21(31)30(23(20)29-24)17-19-10-8-18(9-11-19)16-27-13-7-5-4-6-12-25;1-12(2,3)15-11(14)9-7-5-4-6-8-10-13/h13-16,32H,5-12,17-21H2,1-4H3,(H2,31,33,34);10-13,30H,2-9,14-19,29H2,1H3,(H2,28,31,32);8-11,27H,2-7,12-17,25H2,1H3,(H2,26,28,29);4-10,13H2,1-3H3.